The zero-order valence-electron chi connectivity index (χ0n) is 11.1. The molecule has 0 radical (unpaired) electrons. The minimum absolute atomic E-state index is 0.371. The lowest BCUT2D eigenvalue weighted by Gasteiger charge is -2.31. The van der Waals surface area contributed by atoms with Crippen LogP contribution in [0.2, 0.25) is 0 Å². The Labute approximate surface area is 103 Å². The number of esters is 1. The zero-order valence-corrected chi connectivity index (χ0v) is 11.1. The molecule has 1 saturated heterocycles. The van der Waals surface area contributed by atoms with Crippen LogP contribution in [-0.2, 0) is 14.3 Å². The van der Waals surface area contributed by atoms with Gasteiger partial charge >= 0.3 is 5.97 Å². The van der Waals surface area contributed by atoms with Gasteiger partial charge in [0, 0.05) is 19.7 Å². The molecule has 2 atom stereocenters. The minimum atomic E-state index is -0.945. The molecule has 1 heterocycles. The van der Waals surface area contributed by atoms with Crippen molar-refractivity contribution in [2.45, 2.75) is 25.3 Å². The van der Waals surface area contributed by atoms with E-state index in [1.165, 1.54) is 13.5 Å². The van der Waals surface area contributed by atoms with Crippen LogP contribution in [0.1, 0.15) is 19.8 Å². The maximum atomic E-state index is 11.5. The van der Waals surface area contributed by atoms with Gasteiger partial charge in [0.2, 0.25) is 0 Å². The third-order valence-corrected chi connectivity index (χ3v) is 3.07. The number of hydrogen-bond acceptors (Lipinski definition) is 5. The summed E-state index contributed by atoms with van der Waals surface area (Å²) in [5.74, 6) is 0.173. The third kappa shape index (κ3) is 4.61. The average Bonchev–Trinajstić information content (AvgIpc) is 2.28. The second kappa shape index (κ2) is 6.33. The van der Waals surface area contributed by atoms with Gasteiger partial charge in [0.25, 0.3) is 0 Å². The van der Waals surface area contributed by atoms with Crippen LogP contribution in [0.5, 0.6) is 0 Å². The number of likely N-dealkylation sites (N-methyl/N-ethyl adjacent to an activating group) is 1. The Kier molecular flexibility index (Phi) is 5.36. The quantitative estimate of drug-likeness (QED) is 0.702. The molecule has 0 bridgehead atoms. The second-order valence-electron chi connectivity index (χ2n) is 5.19. The van der Waals surface area contributed by atoms with Gasteiger partial charge in [-0.2, -0.15) is 0 Å². The van der Waals surface area contributed by atoms with Gasteiger partial charge in [-0.3, -0.25) is 4.79 Å². The highest BCUT2D eigenvalue weighted by Gasteiger charge is 2.31. The van der Waals surface area contributed by atoms with E-state index in [1.54, 1.807) is 6.92 Å². The summed E-state index contributed by atoms with van der Waals surface area (Å²) in [6.07, 6.45) is 2.30. The molecule has 100 valence electrons. The van der Waals surface area contributed by atoms with Crippen molar-refractivity contribution in [3.05, 3.63) is 0 Å². The van der Waals surface area contributed by atoms with Gasteiger partial charge in [0.05, 0.1) is 13.7 Å². The predicted octanol–water partition coefficient (Wildman–Crippen LogP) is 0.235. The third-order valence-electron chi connectivity index (χ3n) is 3.07. The van der Waals surface area contributed by atoms with E-state index in [0.717, 1.165) is 26.2 Å². The van der Waals surface area contributed by atoms with E-state index in [9.17, 15) is 4.79 Å². The highest BCUT2D eigenvalue weighted by molar-refractivity contribution is 5.80. The Morgan fingerprint density at radius 2 is 2.35 bits per heavy atom. The molecule has 5 heteroatoms. The van der Waals surface area contributed by atoms with Gasteiger partial charge < -0.3 is 20.1 Å². The fourth-order valence-corrected chi connectivity index (χ4v) is 2.32. The molecule has 17 heavy (non-hydrogen) atoms. The van der Waals surface area contributed by atoms with Crippen molar-refractivity contribution in [3.8, 4) is 0 Å². The summed E-state index contributed by atoms with van der Waals surface area (Å²) in [6, 6.07) is 0. The molecule has 0 amide bonds. The van der Waals surface area contributed by atoms with E-state index < -0.39 is 5.54 Å². The molecule has 0 aromatic rings. The predicted molar refractivity (Wildman–Crippen MR) is 65.6 cm³/mol. The van der Waals surface area contributed by atoms with E-state index in [1.807, 2.05) is 7.05 Å². The first-order chi connectivity index (χ1) is 7.95. The van der Waals surface area contributed by atoms with Crippen molar-refractivity contribution in [2.24, 2.45) is 11.7 Å². The van der Waals surface area contributed by atoms with Crippen LogP contribution in [-0.4, -0.2) is 56.9 Å². The lowest BCUT2D eigenvalue weighted by molar-refractivity contribution is -0.147. The monoisotopic (exact) mass is 244 g/mol. The fraction of sp³-hybridized carbons (Fsp3) is 0.917. The number of ether oxygens (including phenoxy) is 2. The van der Waals surface area contributed by atoms with Crippen LogP contribution >= 0.6 is 0 Å². The van der Waals surface area contributed by atoms with E-state index in [0.29, 0.717) is 12.5 Å². The number of nitrogens with two attached hydrogens (primary N) is 1. The van der Waals surface area contributed by atoms with Gasteiger partial charge in [0.1, 0.15) is 5.54 Å². The van der Waals surface area contributed by atoms with Crippen molar-refractivity contribution < 1.29 is 14.3 Å². The maximum Gasteiger partial charge on any atom is 0.326 e. The normalized spacial score (nSPS) is 24.4. The minimum Gasteiger partial charge on any atom is -0.468 e. The summed E-state index contributed by atoms with van der Waals surface area (Å²) in [5, 5.41) is 0. The summed E-state index contributed by atoms with van der Waals surface area (Å²) in [4.78, 5) is 13.5. The lowest BCUT2D eigenvalue weighted by Crippen LogP contribution is -2.54. The summed E-state index contributed by atoms with van der Waals surface area (Å²) >= 11 is 0. The molecule has 0 aromatic carbocycles. The second-order valence-corrected chi connectivity index (χ2v) is 5.19. The Balaban J connectivity index is 2.37. The molecule has 2 N–H and O–H groups in total. The van der Waals surface area contributed by atoms with Crippen LogP contribution in [0.15, 0.2) is 0 Å². The summed E-state index contributed by atoms with van der Waals surface area (Å²) in [5.41, 5.74) is 4.98. The molecule has 0 spiro atoms. The molecular formula is C12H24N2O3. The number of hydrogen-bond donors (Lipinski definition) is 1. The fourth-order valence-electron chi connectivity index (χ4n) is 2.32. The highest BCUT2D eigenvalue weighted by Crippen LogP contribution is 2.15. The number of rotatable bonds is 5. The van der Waals surface area contributed by atoms with Gasteiger partial charge in [-0.1, -0.05) is 0 Å². The standard InChI is InChI=1S/C12H24N2O3/c1-12(13,11(15)16-3)9-14(2)7-10-5-4-6-17-8-10/h10H,4-9,13H2,1-3H3. The first-order valence-corrected chi connectivity index (χ1v) is 6.09. The Hall–Kier alpha value is -0.650. The topological polar surface area (TPSA) is 64.8 Å². The SMILES string of the molecule is COC(=O)C(C)(N)CN(C)CC1CCCOC1. The van der Waals surface area contributed by atoms with Crippen LogP contribution in [0.25, 0.3) is 0 Å². The maximum absolute atomic E-state index is 11.5. The first kappa shape index (κ1) is 14.4. The molecule has 1 fully saturated rings. The highest BCUT2D eigenvalue weighted by atomic mass is 16.5. The molecule has 1 aliphatic rings. The van der Waals surface area contributed by atoms with Crippen molar-refractivity contribution in [2.75, 3.05) is 40.5 Å². The van der Waals surface area contributed by atoms with Crippen LogP contribution in [0.4, 0.5) is 0 Å². The zero-order chi connectivity index (χ0) is 12.9. The van der Waals surface area contributed by atoms with Crippen molar-refractivity contribution >= 4 is 5.97 Å². The van der Waals surface area contributed by atoms with Gasteiger partial charge in [-0.05, 0) is 32.7 Å². The van der Waals surface area contributed by atoms with Crippen molar-refractivity contribution in [3.63, 3.8) is 0 Å². The largest absolute Gasteiger partial charge is 0.468 e. The van der Waals surface area contributed by atoms with Gasteiger partial charge in [-0.25, -0.2) is 0 Å². The van der Waals surface area contributed by atoms with Gasteiger partial charge in [-0.15, -0.1) is 0 Å². The number of carbonyl (C=O) groups excluding carboxylic acids is 1. The lowest BCUT2D eigenvalue weighted by atomic mass is 9.99. The van der Waals surface area contributed by atoms with Crippen molar-refractivity contribution in [1.29, 1.82) is 0 Å². The number of carbonyl (C=O) groups is 1. The van der Waals surface area contributed by atoms with Gasteiger partial charge in [0.15, 0.2) is 0 Å². The molecule has 2 unspecified atom stereocenters. The summed E-state index contributed by atoms with van der Waals surface area (Å²) in [7, 11) is 3.34. The van der Waals surface area contributed by atoms with E-state index in [2.05, 4.69) is 4.90 Å². The summed E-state index contributed by atoms with van der Waals surface area (Å²) < 4.78 is 10.1. The van der Waals surface area contributed by atoms with Crippen LogP contribution in [0, 0.1) is 5.92 Å². The number of methoxy groups -OCH3 is 1. The molecule has 0 saturated carbocycles. The average molecular weight is 244 g/mol. The van der Waals surface area contributed by atoms with Crippen molar-refractivity contribution in [1.82, 2.24) is 4.90 Å². The Morgan fingerprint density at radius 3 is 2.88 bits per heavy atom. The van der Waals surface area contributed by atoms with E-state index in [-0.39, 0.29) is 5.97 Å². The molecular weight excluding hydrogens is 220 g/mol. The van der Waals surface area contributed by atoms with Crippen LogP contribution < -0.4 is 5.73 Å². The Morgan fingerprint density at radius 1 is 1.65 bits per heavy atom. The van der Waals surface area contributed by atoms with E-state index in [4.69, 9.17) is 15.2 Å². The van der Waals surface area contributed by atoms with Crippen LogP contribution in [0.3, 0.4) is 0 Å². The summed E-state index contributed by atoms with van der Waals surface area (Å²) in [6.45, 7) is 4.79. The molecule has 0 aliphatic carbocycles. The first-order valence-electron chi connectivity index (χ1n) is 6.09. The molecule has 0 aromatic heterocycles. The molecule has 5 nitrogen and oxygen atoms in total. The Bertz CT molecular complexity index is 250. The smallest absolute Gasteiger partial charge is 0.326 e. The van der Waals surface area contributed by atoms with E-state index >= 15 is 0 Å². The molecule has 1 aliphatic heterocycles. The molecule has 1 rings (SSSR count). The number of nitrogens with zero attached hydrogens (tertiary/aromatic N) is 1.